The lowest BCUT2D eigenvalue weighted by atomic mass is 10.1. The second-order valence-electron chi connectivity index (χ2n) is 13.9. The van der Waals surface area contributed by atoms with Gasteiger partial charge in [0, 0.05) is 39.0 Å². The van der Waals surface area contributed by atoms with Gasteiger partial charge >= 0.3 is 0 Å². The highest BCUT2D eigenvalue weighted by Gasteiger charge is 2.21. The number of amides is 4. The molecule has 0 saturated heterocycles. The van der Waals surface area contributed by atoms with E-state index in [1.807, 2.05) is 0 Å². The summed E-state index contributed by atoms with van der Waals surface area (Å²) < 4.78 is 0. The van der Waals surface area contributed by atoms with Gasteiger partial charge < -0.3 is 44.2 Å². The lowest BCUT2D eigenvalue weighted by molar-refractivity contribution is -0.129. The van der Waals surface area contributed by atoms with Crippen molar-refractivity contribution in [2.24, 2.45) is 32.9 Å². The van der Waals surface area contributed by atoms with Crippen LogP contribution in [-0.2, 0) is 19.2 Å². The number of hydrogen-bond donors (Lipinski definition) is 8. The standard InChI is InChI=1S/C38H76N10O4/c1-3-5-7-9-11-13-17-25-33(49)47-31(23-21-29-45-37(39)40)35(51)43-27-19-15-16-20-28-44-36(52)32(24-22-30-46-38(41)42)48-34(50)26-18-14-12-10-8-6-4-2/h31-32H,3-30H2,1-2H3,(H,43,51)(H,44,52)(H,47,49)(H,48,50)(H4,39,40,45)(H4,41,42,46)/t31-,32-/m0/s1. The fraction of sp³-hybridized carbons (Fsp3) is 0.842. The zero-order valence-electron chi connectivity index (χ0n) is 32.8. The number of rotatable bonds is 35. The number of nitrogens with one attached hydrogen (secondary N) is 4. The van der Waals surface area contributed by atoms with E-state index in [-0.39, 0.29) is 35.5 Å². The number of nitrogens with two attached hydrogens (primary N) is 4. The molecule has 0 bridgehead atoms. The second-order valence-corrected chi connectivity index (χ2v) is 13.9. The largest absolute Gasteiger partial charge is 0.370 e. The predicted octanol–water partition coefficient (Wildman–Crippen LogP) is 4.14. The lowest BCUT2D eigenvalue weighted by Gasteiger charge is -2.19. The third kappa shape index (κ3) is 31.2. The second kappa shape index (κ2) is 34.5. The molecular weight excluding hydrogens is 660 g/mol. The molecule has 0 aromatic heterocycles. The van der Waals surface area contributed by atoms with Crippen LogP contribution >= 0.6 is 0 Å². The van der Waals surface area contributed by atoms with Gasteiger partial charge in [-0.3, -0.25) is 29.2 Å². The molecule has 0 rings (SSSR count). The van der Waals surface area contributed by atoms with Gasteiger partial charge in [-0.2, -0.15) is 0 Å². The minimum absolute atomic E-state index is 0.00345. The normalized spacial score (nSPS) is 12.0. The highest BCUT2D eigenvalue weighted by Crippen LogP contribution is 2.10. The third-order valence-corrected chi connectivity index (χ3v) is 8.91. The summed E-state index contributed by atoms with van der Waals surface area (Å²) in [6.45, 7) is 6.15. The van der Waals surface area contributed by atoms with Gasteiger partial charge in [0.15, 0.2) is 11.9 Å². The summed E-state index contributed by atoms with van der Waals surface area (Å²) in [7, 11) is 0. The molecule has 0 saturated carbocycles. The first kappa shape index (κ1) is 48.4. The summed E-state index contributed by atoms with van der Waals surface area (Å²) in [5.41, 5.74) is 21.7. The Balaban J connectivity index is 4.57. The zero-order chi connectivity index (χ0) is 38.7. The van der Waals surface area contributed by atoms with Crippen LogP contribution in [0.15, 0.2) is 9.98 Å². The minimum Gasteiger partial charge on any atom is -0.370 e. The first-order chi connectivity index (χ1) is 25.1. The molecule has 14 heteroatoms. The number of carbonyl (C=O) groups is 4. The van der Waals surface area contributed by atoms with E-state index in [4.69, 9.17) is 22.9 Å². The van der Waals surface area contributed by atoms with Crippen LogP contribution in [0.1, 0.15) is 168 Å². The molecule has 12 N–H and O–H groups in total. The number of aliphatic imine (C=N–C) groups is 2. The average molecular weight is 737 g/mol. The van der Waals surface area contributed by atoms with Crippen LogP contribution in [0.2, 0.25) is 0 Å². The Morgan fingerprint density at radius 3 is 1.13 bits per heavy atom. The molecule has 52 heavy (non-hydrogen) atoms. The van der Waals surface area contributed by atoms with E-state index >= 15 is 0 Å². The fourth-order valence-corrected chi connectivity index (χ4v) is 5.84. The molecule has 0 unspecified atom stereocenters. The first-order valence-corrected chi connectivity index (χ1v) is 20.4. The fourth-order valence-electron chi connectivity index (χ4n) is 5.84. The van der Waals surface area contributed by atoms with Crippen LogP contribution in [0.5, 0.6) is 0 Å². The van der Waals surface area contributed by atoms with Crippen LogP contribution in [-0.4, -0.2) is 73.8 Å². The molecular formula is C38H76N10O4. The maximum atomic E-state index is 13.0. The molecule has 0 aliphatic heterocycles. The first-order valence-electron chi connectivity index (χ1n) is 20.4. The Morgan fingerprint density at radius 2 is 0.788 bits per heavy atom. The third-order valence-electron chi connectivity index (χ3n) is 8.91. The molecule has 2 atom stereocenters. The number of unbranched alkanes of at least 4 members (excludes halogenated alkanes) is 15. The average Bonchev–Trinajstić information content (AvgIpc) is 3.10. The molecule has 0 aromatic rings. The van der Waals surface area contributed by atoms with Crippen molar-refractivity contribution in [2.75, 3.05) is 26.2 Å². The van der Waals surface area contributed by atoms with E-state index in [1.165, 1.54) is 51.4 Å². The van der Waals surface area contributed by atoms with Crippen molar-refractivity contribution in [3.63, 3.8) is 0 Å². The van der Waals surface area contributed by atoms with E-state index in [2.05, 4.69) is 45.1 Å². The van der Waals surface area contributed by atoms with Crippen molar-refractivity contribution >= 4 is 35.5 Å². The highest BCUT2D eigenvalue weighted by molar-refractivity contribution is 5.88. The SMILES string of the molecule is CCCCCCCCCC(=O)N[C@@H](CCCN=C(N)N)C(=O)NCCCCCCNC(=O)[C@H](CCCN=C(N)N)NC(=O)CCCCCCCCC. The van der Waals surface area contributed by atoms with Crippen LogP contribution in [0.4, 0.5) is 0 Å². The van der Waals surface area contributed by atoms with E-state index in [9.17, 15) is 19.2 Å². The Bertz CT molecular complexity index is 922. The molecule has 14 nitrogen and oxygen atoms in total. The number of nitrogens with zero attached hydrogens (tertiary/aromatic N) is 2. The smallest absolute Gasteiger partial charge is 0.242 e. The van der Waals surface area contributed by atoms with Gasteiger partial charge in [-0.05, 0) is 51.4 Å². The predicted molar refractivity (Wildman–Crippen MR) is 213 cm³/mol. The van der Waals surface area contributed by atoms with Gasteiger partial charge in [0.2, 0.25) is 23.6 Å². The molecule has 0 aromatic carbocycles. The van der Waals surface area contributed by atoms with Crippen LogP contribution in [0.3, 0.4) is 0 Å². The summed E-state index contributed by atoms with van der Waals surface area (Å²) >= 11 is 0. The summed E-state index contributed by atoms with van der Waals surface area (Å²) in [6.07, 6.45) is 21.8. The summed E-state index contributed by atoms with van der Waals surface area (Å²) in [5.74, 6) is -0.621. The zero-order valence-corrected chi connectivity index (χ0v) is 32.8. The number of carbonyl (C=O) groups excluding carboxylic acids is 4. The van der Waals surface area contributed by atoms with Crippen LogP contribution < -0.4 is 44.2 Å². The van der Waals surface area contributed by atoms with Gasteiger partial charge in [-0.1, -0.05) is 104 Å². The van der Waals surface area contributed by atoms with Crippen LogP contribution in [0, 0.1) is 0 Å². The van der Waals surface area contributed by atoms with E-state index in [0.29, 0.717) is 64.7 Å². The maximum Gasteiger partial charge on any atom is 0.242 e. The van der Waals surface area contributed by atoms with Crippen molar-refractivity contribution in [3.05, 3.63) is 0 Å². The molecule has 0 spiro atoms. The maximum absolute atomic E-state index is 13.0. The highest BCUT2D eigenvalue weighted by atomic mass is 16.2. The number of guanidine groups is 2. The van der Waals surface area contributed by atoms with E-state index in [1.54, 1.807) is 0 Å². The van der Waals surface area contributed by atoms with Gasteiger partial charge in [0.05, 0.1) is 0 Å². The van der Waals surface area contributed by atoms with Gasteiger partial charge in [-0.25, -0.2) is 0 Å². The molecule has 0 fully saturated rings. The molecule has 0 aliphatic carbocycles. The Hall–Kier alpha value is -3.58. The summed E-state index contributed by atoms with van der Waals surface area (Å²) in [5, 5.41) is 11.8. The van der Waals surface area contributed by atoms with Crippen molar-refractivity contribution < 1.29 is 19.2 Å². The molecule has 302 valence electrons. The monoisotopic (exact) mass is 737 g/mol. The minimum atomic E-state index is -0.634. The number of hydrogen-bond acceptors (Lipinski definition) is 6. The summed E-state index contributed by atoms with van der Waals surface area (Å²) in [6, 6.07) is -1.27. The van der Waals surface area contributed by atoms with Crippen molar-refractivity contribution in [1.82, 2.24) is 21.3 Å². The van der Waals surface area contributed by atoms with E-state index < -0.39 is 12.1 Å². The van der Waals surface area contributed by atoms with Gasteiger partial charge in [0.25, 0.3) is 0 Å². The van der Waals surface area contributed by atoms with Crippen molar-refractivity contribution in [3.8, 4) is 0 Å². The molecule has 0 radical (unpaired) electrons. The Labute approximate surface area is 314 Å². The molecule has 0 heterocycles. The Morgan fingerprint density at radius 1 is 0.462 bits per heavy atom. The molecule has 4 amide bonds. The van der Waals surface area contributed by atoms with Crippen molar-refractivity contribution in [1.29, 1.82) is 0 Å². The van der Waals surface area contributed by atoms with Gasteiger partial charge in [-0.15, -0.1) is 0 Å². The van der Waals surface area contributed by atoms with Gasteiger partial charge in [0.1, 0.15) is 12.1 Å². The van der Waals surface area contributed by atoms with E-state index in [0.717, 1.165) is 64.2 Å². The topological polar surface area (TPSA) is 245 Å². The molecule has 0 aliphatic rings. The quantitative estimate of drug-likeness (QED) is 0.0266. The lowest BCUT2D eigenvalue weighted by Crippen LogP contribution is -2.47. The van der Waals surface area contributed by atoms with Crippen molar-refractivity contribution in [2.45, 2.75) is 180 Å². The van der Waals surface area contributed by atoms with Crippen LogP contribution in [0.25, 0.3) is 0 Å². The Kier molecular flexibility index (Phi) is 32.1. The summed E-state index contributed by atoms with van der Waals surface area (Å²) in [4.78, 5) is 59.1.